The summed E-state index contributed by atoms with van der Waals surface area (Å²) in [7, 11) is 0. The molecule has 1 aromatic carbocycles. The van der Waals surface area contributed by atoms with E-state index in [1.165, 1.54) is 40.8 Å². The van der Waals surface area contributed by atoms with Crippen LogP contribution in [0.5, 0.6) is 0 Å². The van der Waals surface area contributed by atoms with Crippen LogP contribution in [0, 0.1) is 0 Å². The maximum atomic E-state index is 14.8. The van der Waals surface area contributed by atoms with Gasteiger partial charge in [0, 0.05) is 23.3 Å². The average Bonchev–Trinajstić information content (AvgIpc) is 3.65. The van der Waals surface area contributed by atoms with Gasteiger partial charge >= 0.3 is 24.0 Å². The molecule has 0 aliphatic heterocycles. The van der Waals surface area contributed by atoms with E-state index in [9.17, 15) is 31.5 Å². The third-order valence-electron chi connectivity index (χ3n) is 6.94. The number of esters is 1. The van der Waals surface area contributed by atoms with Crippen molar-refractivity contribution in [1.82, 2.24) is 24.6 Å². The van der Waals surface area contributed by atoms with Gasteiger partial charge in [-0.15, -0.1) is 10.2 Å². The fraction of sp³-hybridized carbons (Fsp3) is 0.310. The lowest BCUT2D eigenvalue weighted by Gasteiger charge is -2.21. The summed E-state index contributed by atoms with van der Waals surface area (Å²) in [5.41, 5.74) is -1.46. The van der Waals surface area contributed by atoms with Crippen molar-refractivity contribution in [3.05, 3.63) is 65.3 Å². The van der Waals surface area contributed by atoms with Crippen LogP contribution in [0.4, 0.5) is 22.0 Å². The number of fused-ring (bicyclic) bond motifs is 3. The lowest BCUT2D eigenvalue weighted by atomic mass is 10.00. The summed E-state index contributed by atoms with van der Waals surface area (Å²) < 4.78 is 82.2. The van der Waals surface area contributed by atoms with Crippen molar-refractivity contribution in [3.8, 4) is 22.7 Å². The van der Waals surface area contributed by atoms with E-state index in [0.717, 1.165) is 6.39 Å². The highest BCUT2D eigenvalue weighted by Gasteiger charge is 2.60. The van der Waals surface area contributed by atoms with Crippen molar-refractivity contribution in [2.75, 3.05) is 0 Å². The molecule has 0 saturated heterocycles. The molecule has 4 aromatic heterocycles. The van der Waals surface area contributed by atoms with Gasteiger partial charge in [0.05, 0.1) is 5.69 Å². The van der Waals surface area contributed by atoms with Crippen LogP contribution in [0.15, 0.2) is 53.3 Å². The fourth-order valence-corrected chi connectivity index (χ4v) is 4.86. The number of nitrogens with zero attached hydrogens (tertiary/aromatic N) is 5. The zero-order valence-electron chi connectivity index (χ0n) is 23.2. The summed E-state index contributed by atoms with van der Waals surface area (Å²) in [5, 5.41) is 16.7. The molecule has 0 bridgehead atoms. The Kier molecular flexibility index (Phi) is 9.00. The number of aromatic nitrogens is 5. The summed E-state index contributed by atoms with van der Waals surface area (Å²) in [6, 6.07) is 9.51. The van der Waals surface area contributed by atoms with Crippen LogP contribution in [0.1, 0.15) is 49.9 Å². The maximum absolute atomic E-state index is 14.8. The van der Waals surface area contributed by atoms with Crippen molar-refractivity contribution in [1.29, 1.82) is 0 Å². The number of carbonyl (C=O) groups is 2. The third kappa shape index (κ3) is 6.72. The second-order valence-electron chi connectivity index (χ2n) is 10.0. The number of carbonyl (C=O) groups excluding carboxylic acids is 1. The zero-order chi connectivity index (χ0) is 32.4. The van der Waals surface area contributed by atoms with E-state index in [4.69, 9.17) is 25.9 Å². The first-order valence-corrected chi connectivity index (χ1v) is 13.9. The first-order valence-electron chi connectivity index (χ1n) is 13.6. The molecule has 0 spiro atoms. The Morgan fingerprint density at radius 1 is 0.956 bits per heavy atom. The Hall–Kier alpha value is -4.66. The van der Waals surface area contributed by atoms with Gasteiger partial charge < -0.3 is 14.3 Å². The van der Waals surface area contributed by atoms with Gasteiger partial charge in [0.2, 0.25) is 6.39 Å². The van der Waals surface area contributed by atoms with Gasteiger partial charge in [0.1, 0.15) is 23.6 Å². The number of benzene rings is 1. The highest BCUT2D eigenvalue weighted by Crippen LogP contribution is 2.45. The van der Waals surface area contributed by atoms with Crippen LogP contribution in [0.25, 0.3) is 39.4 Å². The van der Waals surface area contributed by atoms with Gasteiger partial charge in [0.15, 0.2) is 5.69 Å². The summed E-state index contributed by atoms with van der Waals surface area (Å²) in [5.74, 6) is -6.97. The molecule has 1 N–H and O–H groups in total. The van der Waals surface area contributed by atoms with E-state index >= 15 is 0 Å². The van der Waals surface area contributed by atoms with E-state index in [1.54, 1.807) is 0 Å². The molecule has 236 valence electrons. The van der Waals surface area contributed by atoms with Crippen LogP contribution in [0.2, 0.25) is 5.02 Å². The zero-order valence-corrected chi connectivity index (χ0v) is 23.9. The number of alkyl halides is 5. The molecule has 0 saturated carbocycles. The van der Waals surface area contributed by atoms with Gasteiger partial charge in [0.25, 0.3) is 5.89 Å². The van der Waals surface area contributed by atoms with E-state index < -0.39 is 36.3 Å². The molecule has 0 radical (unpaired) electrons. The largest absolute Gasteiger partial charge is 0.481 e. The van der Waals surface area contributed by atoms with Crippen molar-refractivity contribution in [2.24, 2.45) is 0 Å². The molecule has 0 atom stereocenters. The number of halogens is 6. The van der Waals surface area contributed by atoms with E-state index in [1.807, 2.05) is 0 Å². The third-order valence-corrected chi connectivity index (χ3v) is 7.19. The van der Waals surface area contributed by atoms with Gasteiger partial charge in [-0.2, -0.15) is 22.0 Å². The van der Waals surface area contributed by atoms with Crippen molar-refractivity contribution < 1.29 is 45.8 Å². The standard InChI is InChI=1S/C29H23ClF5N5O5/c30-17-9-7-16(8-10-17)19-13-21(28(31,32)29(33,34)35)37-26-18(19)11-12-22-38-25(27-39-36-15-45-27)20(40(22)26)14-44-24(43)6-4-2-1-3-5-23(41)42/h7-13,15H,1-6,14H2,(H,41,42). The lowest BCUT2D eigenvalue weighted by Crippen LogP contribution is -2.34. The minimum absolute atomic E-state index is 0.00135. The number of carboxylic acid groups (broad SMARTS) is 1. The number of imidazole rings is 1. The summed E-state index contributed by atoms with van der Waals surface area (Å²) >= 11 is 5.98. The molecule has 5 aromatic rings. The second kappa shape index (κ2) is 12.8. The molecule has 4 heterocycles. The van der Waals surface area contributed by atoms with Crippen LogP contribution in [-0.2, 0) is 26.9 Å². The molecule has 0 fully saturated rings. The van der Waals surface area contributed by atoms with Crippen LogP contribution in [-0.4, -0.2) is 47.8 Å². The Bertz CT molecular complexity index is 1840. The van der Waals surface area contributed by atoms with Gasteiger partial charge in [-0.05, 0) is 54.3 Å². The topological polar surface area (TPSA) is 133 Å². The average molecular weight is 652 g/mol. The molecular weight excluding hydrogens is 629 g/mol. The van der Waals surface area contributed by atoms with E-state index in [-0.39, 0.29) is 52.4 Å². The Morgan fingerprint density at radius 2 is 1.67 bits per heavy atom. The fourth-order valence-electron chi connectivity index (χ4n) is 4.73. The number of hydrogen-bond acceptors (Lipinski definition) is 8. The Labute approximate surface area is 255 Å². The van der Waals surface area contributed by atoms with Crippen LogP contribution >= 0.6 is 11.6 Å². The summed E-state index contributed by atoms with van der Waals surface area (Å²) in [6.07, 6.45) is -2.84. The van der Waals surface area contributed by atoms with Crippen molar-refractivity contribution >= 4 is 40.2 Å². The number of pyridine rings is 2. The number of ether oxygens (including phenoxy) is 1. The number of unbranched alkanes of at least 4 members (excludes halogenated alkanes) is 3. The predicted molar refractivity (Wildman–Crippen MR) is 149 cm³/mol. The van der Waals surface area contributed by atoms with Crippen molar-refractivity contribution in [2.45, 2.75) is 57.2 Å². The molecular formula is C29H23ClF5N5O5. The predicted octanol–water partition coefficient (Wildman–Crippen LogP) is 7.38. The molecule has 16 heteroatoms. The first kappa shape index (κ1) is 31.8. The van der Waals surface area contributed by atoms with Gasteiger partial charge in [-0.3, -0.25) is 14.0 Å². The van der Waals surface area contributed by atoms with Gasteiger partial charge in [-0.25, -0.2) is 9.97 Å². The number of carboxylic acids is 1. The number of aliphatic carboxylic acids is 1. The Morgan fingerprint density at radius 3 is 2.31 bits per heavy atom. The van der Waals surface area contributed by atoms with Gasteiger partial charge in [-0.1, -0.05) is 36.6 Å². The molecule has 0 amide bonds. The highest BCUT2D eigenvalue weighted by molar-refractivity contribution is 6.30. The molecule has 45 heavy (non-hydrogen) atoms. The molecule has 10 nitrogen and oxygen atoms in total. The minimum atomic E-state index is -5.95. The second-order valence-corrected chi connectivity index (χ2v) is 10.5. The summed E-state index contributed by atoms with van der Waals surface area (Å²) in [6.45, 7) is -0.492. The molecule has 0 unspecified atom stereocenters. The molecule has 0 aliphatic carbocycles. The molecule has 5 rings (SSSR count). The number of rotatable bonds is 12. The quantitative estimate of drug-likeness (QED) is 0.0833. The monoisotopic (exact) mass is 651 g/mol. The van der Waals surface area contributed by atoms with Crippen LogP contribution in [0.3, 0.4) is 0 Å². The molecule has 0 aliphatic rings. The van der Waals surface area contributed by atoms with E-state index in [2.05, 4.69) is 20.2 Å². The normalized spacial score (nSPS) is 12.2. The van der Waals surface area contributed by atoms with E-state index in [0.29, 0.717) is 42.3 Å². The van der Waals surface area contributed by atoms with Crippen molar-refractivity contribution in [3.63, 3.8) is 0 Å². The highest BCUT2D eigenvalue weighted by atomic mass is 35.5. The summed E-state index contributed by atoms with van der Waals surface area (Å²) in [4.78, 5) is 31.4. The lowest BCUT2D eigenvalue weighted by molar-refractivity contribution is -0.290. The SMILES string of the molecule is O=C(O)CCCCCCC(=O)OCc1c(-c2nnco2)nc2ccc3c(-c4ccc(Cl)cc4)cc(C(F)(F)C(F)(F)F)nc3n12. The maximum Gasteiger partial charge on any atom is 0.459 e. The minimum Gasteiger partial charge on any atom is -0.481 e. The number of hydrogen-bond donors (Lipinski definition) is 1. The smallest absolute Gasteiger partial charge is 0.459 e. The Balaban J connectivity index is 1.60. The first-order chi connectivity index (χ1) is 21.4. The van der Waals surface area contributed by atoms with Crippen LogP contribution < -0.4 is 0 Å².